The zero-order valence-electron chi connectivity index (χ0n) is 15.9. The number of hydrogen-bond donors (Lipinski definition) is 3. The van der Waals surface area contributed by atoms with Gasteiger partial charge in [-0.25, -0.2) is 8.42 Å². The monoisotopic (exact) mass is 488 g/mol. The Balaban J connectivity index is 1.79. The molecule has 0 saturated carbocycles. The lowest BCUT2D eigenvalue weighted by Gasteiger charge is -2.16. The number of carbonyl (C=O) groups is 2. The van der Waals surface area contributed by atoms with Gasteiger partial charge in [-0.15, -0.1) is 0 Å². The predicted octanol–water partition coefficient (Wildman–Crippen LogP) is 1.64. The number of rotatable bonds is 10. The Morgan fingerprint density at radius 2 is 1.93 bits per heavy atom. The zero-order valence-corrected chi connectivity index (χ0v) is 18.3. The average Bonchev–Trinajstić information content (AvgIpc) is 2.71. The summed E-state index contributed by atoms with van der Waals surface area (Å²) in [5, 5.41) is 12.0. The first-order valence-corrected chi connectivity index (χ1v) is 11.6. The second kappa shape index (κ2) is 11.4. The number of aliphatic hydroxyl groups is 1. The molecule has 1 aromatic rings. The second-order valence-corrected chi connectivity index (χ2v) is 9.26. The van der Waals surface area contributed by atoms with Crippen LogP contribution in [-0.4, -0.2) is 51.2 Å². The minimum absolute atomic E-state index is 0.0679. The van der Waals surface area contributed by atoms with Crippen molar-refractivity contribution in [1.29, 1.82) is 0 Å². The minimum Gasteiger partial charge on any atom is -0.454 e. The molecule has 8 nitrogen and oxygen atoms in total. The summed E-state index contributed by atoms with van der Waals surface area (Å²) in [7, 11) is -4.04. The van der Waals surface area contributed by atoms with Crippen LogP contribution in [0.5, 0.6) is 0 Å². The van der Waals surface area contributed by atoms with Crippen LogP contribution in [-0.2, 0) is 24.3 Å². The number of ether oxygens (including phenoxy) is 1. The van der Waals surface area contributed by atoms with E-state index in [1.165, 1.54) is 36.3 Å². The maximum atomic E-state index is 12.3. The molecule has 29 heavy (non-hydrogen) atoms. The van der Waals surface area contributed by atoms with E-state index in [0.717, 1.165) is 25.7 Å². The summed E-state index contributed by atoms with van der Waals surface area (Å²) in [5.41, 5.74) is 1.32. The Bertz CT molecular complexity index is 839. The fourth-order valence-corrected chi connectivity index (χ4v) is 4.25. The Labute approximate surface area is 178 Å². The highest BCUT2D eigenvalue weighted by Gasteiger charge is 2.27. The van der Waals surface area contributed by atoms with E-state index in [-0.39, 0.29) is 4.90 Å². The van der Waals surface area contributed by atoms with Crippen LogP contribution in [0.25, 0.3) is 0 Å². The topological polar surface area (TPSA) is 122 Å². The van der Waals surface area contributed by atoms with Crippen molar-refractivity contribution in [1.82, 2.24) is 10.0 Å². The van der Waals surface area contributed by atoms with E-state index < -0.39 is 41.2 Å². The van der Waals surface area contributed by atoms with Crippen molar-refractivity contribution in [3.63, 3.8) is 0 Å². The van der Waals surface area contributed by atoms with Gasteiger partial charge in [0.25, 0.3) is 5.91 Å². The van der Waals surface area contributed by atoms with Gasteiger partial charge in [-0.05, 0) is 56.4 Å². The van der Waals surface area contributed by atoms with E-state index in [2.05, 4.69) is 32.0 Å². The molecule has 1 atom stereocenters. The van der Waals surface area contributed by atoms with Gasteiger partial charge < -0.3 is 15.2 Å². The molecule has 0 saturated heterocycles. The van der Waals surface area contributed by atoms with Crippen molar-refractivity contribution >= 4 is 37.8 Å². The standard InChI is InChI=1S/C19H25BrN2O6S/c20-15-6-8-16(9-7-15)29(26,27)22-17(12-23)19(25)28-13-18(24)21-11-10-14-4-2-1-3-5-14/h4,6-9,17,22-23H,1-3,5,10-13H2,(H,21,24). The van der Waals surface area contributed by atoms with E-state index >= 15 is 0 Å². The third kappa shape index (κ3) is 7.88. The number of aliphatic hydroxyl groups excluding tert-OH is 1. The number of carbonyl (C=O) groups excluding carboxylic acids is 2. The molecule has 1 aliphatic carbocycles. The zero-order chi connectivity index (χ0) is 21.3. The van der Waals surface area contributed by atoms with Crippen LogP contribution in [0, 0.1) is 0 Å². The lowest BCUT2D eigenvalue weighted by atomic mass is 9.97. The average molecular weight is 489 g/mol. The Kier molecular flexibility index (Phi) is 9.28. The maximum absolute atomic E-state index is 12.3. The van der Waals surface area contributed by atoms with Gasteiger partial charge in [-0.1, -0.05) is 27.6 Å². The van der Waals surface area contributed by atoms with Crippen LogP contribution < -0.4 is 10.0 Å². The molecule has 0 aromatic heterocycles. The van der Waals surface area contributed by atoms with Crippen molar-refractivity contribution in [2.45, 2.75) is 43.0 Å². The number of benzene rings is 1. The molecule has 0 aliphatic heterocycles. The summed E-state index contributed by atoms with van der Waals surface area (Å²) in [4.78, 5) is 23.8. The fourth-order valence-electron chi connectivity index (χ4n) is 2.81. The summed E-state index contributed by atoms with van der Waals surface area (Å²) in [6.45, 7) is -0.902. The molecule has 1 aromatic carbocycles. The van der Waals surface area contributed by atoms with Crippen LogP contribution in [0.2, 0.25) is 0 Å². The number of allylic oxidation sites excluding steroid dienone is 1. The number of halogens is 1. The Hall–Kier alpha value is -1.75. The normalized spacial score (nSPS) is 15.3. The van der Waals surface area contributed by atoms with E-state index in [0.29, 0.717) is 11.0 Å². The van der Waals surface area contributed by atoms with E-state index in [1.54, 1.807) is 0 Å². The SMILES string of the molecule is O=C(COC(=O)C(CO)NS(=O)(=O)c1ccc(Br)cc1)NCCC1=CCCCC1. The summed E-state index contributed by atoms with van der Waals surface area (Å²) in [5.74, 6) is -1.51. The molecule has 10 heteroatoms. The van der Waals surface area contributed by atoms with Crippen molar-refractivity contribution in [3.8, 4) is 0 Å². The lowest BCUT2D eigenvalue weighted by Crippen LogP contribution is -2.45. The molecule has 2 rings (SSSR count). The van der Waals surface area contributed by atoms with Crippen LogP contribution in [0.3, 0.4) is 0 Å². The van der Waals surface area contributed by atoms with E-state index in [9.17, 15) is 23.1 Å². The van der Waals surface area contributed by atoms with Gasteiger partial charge in [0.05, 0.1) is 11.5 Å². The Morgan fingerprint density at radius 1 is 1.21 bits per heavy atom. The molecule has 1 unspecified atom stereocenters. The summed E-state index contributed by atoms with van der Waals surface area (Å²) < 4.78 is 32.3. The van der Waals surface area contributed by atoms with Gasteiger partial charge >= 0.3 is 5.97 Å². The molecule has 1 aliphatic rings. The maximum Gasteiger partial charge on any atom is 0.327 e. The van der Waals surface area contributed by atoms with E-state index in [1.807, 2.05) is 0 Å². The van der Waals surface area contributed by atoms with Crippen molar-refractivity contribution in [2.24, 2.45) is 0 Å². The third-order valence-electron chi connectivity index (χ3n) is 4.39. The minimum atomic E-state index is -4.04. The van der Waals surface area contributed by atoms with E-state index in [4.69, 9.17) is 4.74 Å². The van der Waals surface area contributed by atoms with Gasteiger partial charge in [-0.3, -0.25) is 9.59 Å². The first kappa shape index (κ1) is 23.5. The second-order valence-electron chi connectivity index (χ2n) is 6.63. The lowest BCUT2D eigenvalue weighted by molar-refractivity contribution is -0.151. The molecular weight excluding hydrogens is 464 g/mol. The quantitative estimate of drug-likeness (QED) is 0.339. The van der Waals surface area contributed by atoms with Crippen molar-refractivity contribution in [2.75, 3.05) is 19.8 Å². The molecule has 0 fully saturated rings. The number of amides is 1. The van der Waals surface area contributed by atoms with Gasteiger partial charge in [0.1, 0.15) is 6.04 Å². The molecule has 0 heterocycles. The van der Waals surface area contributed by atoms with Gasteiger partial charge in [0, 0.05) is 11.0 Å². The first-order chi connectivity index (χ1) is 13.8. The van der Waals surface area contributed by atoms with Crippen LogP contribution in [0.1, 0.15) is 32.1 Å². The summed E-state index contributed by atoms with van der Waals surface area (Å²) in [6.07, 6.45) is 7.42. The molecule has 0 bridgehead atoms. The van der Waals surface area contributed by atoms with Crippen molar-refractivity contribution in [3.05, 3.63) is 40.4 Å². The fraction of sp³-hybridized carbons (Fsp3) is 0.474. The third-order valence-corrected chi connectivity index (χ3v) is 6.40. The van der Waals surface area contributed by atoms with Gasteiger partial charge in [-0.2, -0.15) is 4.72 Å². The largest absolute Gasteiger partial charge is 0.454 e. The van der Waals surface area contributed by atoms with Crippen LogP contribution in [0.4, 0.5) is 0 Å². The summed E-state index contributed by atoms with van der Waals surface area (Å²) in [6, 6.07) is 4.26. The highest BCUT2D eigenvalue weighted by molar-refractivity contribution is 9.10. The van der Waals surface area contributed by atoms with Crippen LogP contribution in [0.15, 0.2) is 45.3 Å². The number of hydrogen-bond acceptors (Lipinski definition) is 6. The van der Waals surface area contributed by atoms with Crippen LogP contribution >= 0.6 is 15.9 Å². The first-order valence-electron chi connectivity index (χ1n) is 9.32. The predicted molar refractivity (Wildman–Crippen MR) is 110 cm³/mol. The molecule has 160 valence electrons. The molecule has 3 N–H and O–H groups in total. The van der Waals surface area contributed by atoms with Crippen molar-refractivity contribution < 1.29 is 27.9 Å². The smallest absolute Gasteiger partial charge is 0.327 e. The number of esters is 1. The highest BCUT2D eigenvalue weighted by atomic mass is 79.9. The number of nitrogens with one attached hydrogen (secondary N) is 2. The molecular formula is C19H25BrN2O6S. The summed E-state index contributed by atoms with van der Waals surface area (Å²) >= 11 is 3.20. The number of sulfonamides is 1. The van der Waals surface area contributed by atoms with Gasteiger partial charge in [0.15, 0.2) is 6.61 Å². The molecule has 1 amide bonds. The molecule has 0 spiro atoms. The van der Waals surface area contributed by atoms with Gasteiger partial charge in [0.2, 0.25) is 10.0 Å². The molecule has 0 radical (unpaired) electrons. The highest BCUT2D eigenvalue weighted by Crippen LogP contribution is 2.19. The Morgan fingerprint density at radius 3 is 2.55 bits per heavy atom.